The first-order valence-electron chi connectivity index (χ1n) is 9.57. The fourth-order valence-corrected chi connectivity index (χ4v) is 3.85. The largest absolute Gasteiger partial charge is 0.466 e. The van der Waals surface area contributed by atoms with E-state index >= 15 is 0 Å². The lowest BCUT2D eigenvalue weighted by molar-refractivity contribution is -0.139. The minimum Gasteiger partial charge on any atom is -0.466 e. The Balaban J connectivity index is 2.07. The predicted molar refractivity (Wildman–Crippen MR) is 112 cm³/mol. The maximum absolute atomic E-state index is 13.0. The number of nitrogens with zero attached hydrogens (tertiary/aromatic N) is 2. The standard InChI is InChI=1S/C23H19N3O6/c1-29-22(27)18-17(13-7-4-3-5-8-13)14(11-24)21(25)26(19(18)23(28)30-2)15-9-6-10-16-20(15)32-12-31-16/h3-10,17H,12,25H2,1-2H3. The maximum Gasteiger partial charge on any atom is 0.355 e. The molecule has 0 aromatic heterocycles. The molecule has 2 aliphatic heterocycles. The Labute approximate surface area is 183 Å². The Morgan fingerprint density at radius 2 is 1.78 bits per heavy atom. The number of rotatable bonds is 4. The van der Waals surface area contributed by atoms with Crippen molar-refractivity contribution >= 4 is 17.6 Å². The third-order valence-corrected chi connectivity index (χ3v) is 5.23. The van der Waals surface area contributed by atoms with Gasteiger partial charge in [0.25, 0.3) is 0 Å². The van der Waals surface area contributed by atoms with Crippen LogP contribution >= 0.6 is 0 Å². The molecule has 0 fully saturated rings. The van der Waals surface area contributed by atoms with Gasteiger partial charge in [0.15, 0.2) is 11.5 Å². The van der Waals surface area contributed by atoms with Gasteiger partial charge in [0.1, 0.15) is 11.5 Å². The summed E-state index contributed by atoms with van der Waals surface area (Å²) in [6.07, 6.45) is 0. The van der Waals surface area contributed by atoms with E-state index in [-0.39, 0.29) is 29.5 Å². The summed E-state index contributed by atoms with van der Waals surface area (Å²) in [5, 5.41) is 10.0. The van der Waals surface area contributed by atoms with Gasteiger partial charge in [-0.1, -0.05) is 36.4 Å². The third-order valence-electron chi connectivity index (χ3n) is 5.23. The molecule has 0 bridgehead atoms. The third kappa shape index (κ3) is 3.18. The second kappa shape index (κ2) is 8.35. The number of nitrogens with two attached hydrogens (primary N) is 1. The van der Waals surface area contributed by atoms with Crippen molar-refractivity contribution in [2.24, 2.45) is 5.73 Å². The van der Waals surface area contributed by atoms with E-state index in [1.807, 2.05) is 0 Å². The Morgan fingerprint density at radius 3 is 2.44 bits per heavy atom. The highest BCUT2D eigenvalue weighted by Gasteiger charge is 2.44. The van der Waals surface area contributed by atoms with E-state index in [4.69, 9.17) is 24.7 Å². The fraction of sp³-hybridized carbons (Fsp3) is 0.174. The van der Waals surface area contributed by atoms with Crippen molar-refractivity contribution in [3.05, 3.63) is 76.8 Å². The molecule has 162 valence electrons. The van der Waals surface area contributed by atoms with Gasteiger partial charge in [0.05, 0.1) is 43.0 Å². The number of carbonyl (C=O) groups is 2. The lowest BCUT2D eigenvalue weighted by Gasteiger charge is -2.36. The molecule has 0 saturated heterocycles. The van der Waals surface area contributed by atoms with E-state index in [1.54, 1.807) is 48.5 Å². The van der Waals surface area contributed by atoms with Gasteiger partial charge >= 0.3 is 11.9 Å². The highest BCUT2D eigenvalue weighted by Crippen LogP contribution is 2.48. The number of esters is 2. The molecule has 2 heterocycles. The Hall–Kier alpha value is -4.45. The molecule has 4 rings (SSSR count). The van der Waals surface area contributed by atoms with Crippen LogP contribution in [0.3, 0.4) is 0 Å². The SMILES string of the molecule is COC(=O)C1=C(C(=O)OC)N(c2cccc3c2OCO3)C(N)=C(C#N)C1c1ccccc1. The molecule has 0 saturated carbocycles. The number of nitriles is 1. The molecule has 9 heteroatoms. The molecule has 2 aromatic rings. The molecule has 0 spiro atoms. The molecular weight excluding hydrogens is 414 g/mol. The fourth-order valence-electron chi connectivity index (χ4n) is 3.85. The zero-order valence-electron chi connectivity index (χ0n) is 17.3. The van der Waals surface area contributed by atoms with E-state index in [0.717, 1.165) is 0 Å². The van der Waals surface area contributed by atoms with Crippen molar-refractivity contribution in [1.82, 2.24) is 0 Å². The summed E-state index contributed by atoms with van der Waals surface area (Å²) >= 11 is 0. The van der Waals surface area contributed by atoms with Crippen LogP contribution in [0.25, 0.3) is 0 Å². The van der Waals surface area contributed by atoms with Crippen LogP contribution in [0.2, 0.25) is 0 Å². The van der Waals surface area contributed by atoms with Crippen LogP contribution in [0.1, 0.15) is 11.5 Å². The van der Waals surface area contributed by atoms with Crippen LogP contribution in [-0.2, 0) is 19.1 Å². The smallest absolute Gasteiger partial charge is 0.355 e. The summed E-state index contributed by atoms with van der Waals surface area (Å²) in [5.74, 6) is -1.86. The monoisotopic (exact) mass is 433 g/mol. The van der Waals surface area contributed by atoms with Gasteiger partial charge in [-0.2, -0.15) is 5.26 Å². The minimum absolute atomic E-state index is 0.0251. The lowest BCUT2D eigenvalue weighted by Crippen LogP contribution is -2.40. The number of methoxy groups -OCH3 is 2. The number of allylic oxidation sites excluding steroid dienone is 1. The first-order valence-corrected chi connectivity index (χ1v) is 9.57. The van der Waals surface area contributed by atoms with E-state index < -0.39 is 17.9 Å². The van der Waals surface area contributed by atoms with Gasteiger partial charge in [-0.15, -0.1) is 0 Å². The number of anilines is 1. The highest BCUT2D eigenvalue weighted by atomic mass is 16.7. The molecule has 0 radical (unpaired) electrons. The molecule has 2 aliphatic rings. The number of para-hydroxylation sites is 1. The van der Waals surface area contributed by atoms with Gasteiger partial charge in [-0.3, -0.25) is 4.90 Å². The van der Waals surface area contributed by atoms with Gasteiger partial charge in [-0.25, -0.2) is 9.59 Å². The van der Waals surface area contributed by atoms with Gasteiger partial charge in [-0.05, 0) is 17.7 Å². The van der Waals surface area contributed by atoms with E-state index in [1.165, 1.54) is 19.1 Å². The Bertz CT molecular complexity index is 1200. The molecule has 0 aliphatic carbocycles. The molecule has 1 atom stereocenters. The number of hydrogen-bond donors (Lipinski definition) is 1. The first-order chi connectivity index (χ1) is 15.5. The number of fused-ring (bicyclic) bond motifs is 1. The van der Waals surface area contributed by atoms with Crippen LogP contribution in [0.4, 0.5) is 5.69 Å². The summed E-state index contributed by atoms with van der Waals surface area (Å²) in [6.45, 7) is -0.0251. The normalized spacial score (nSPS) is 17.2. The van der Waals surface area contributed by atoms with Crippen LogP contribution < -0.4 is 20.1 Å². The second-order valence-corrected chi connectivity index (χ2v) is 6.85. The summed E-state index contributed by atoms with van der Waals surface area (Å²) in [6, 6.07) is 15.9. The molecule has 2 aromatic carbocycles. The van der Waals surface area contributed by atoms with Crippen molar-refractivity contribution in [1.29, 1.82) is 5.26 Å². The van der Waals surface area contributed by atoms with Gasteiger partial charge < -0.3 is 24.7 Å². The summed E-state index contributed by atoms with van der Waals surface area (Å²) in [7, 11) is 2.39. The molecule has 2 N–H and O–H groups in total. The Morgan fingerprint density at radius 1 is 1.06 bits per heavy atom. The van der Waals surface area contributed by atoms with Crippen molar-refractivity contribution in [3.8, 4) is 17.6 Å². The number of benzene rings is 2. The topological polar surface area (TPSA) is 124 Å². The minimum atomic E-state index is -0.937. The van der Waals surface area contributed by atoms with Crippen molar-refractivity contribution in [3.63, 3.8) is 0 Å². The van der Waals surface area contributed by atoms with Crippen LogP contribution in [-0.4, -0.2) is 33.0 Å². The van der Waals surface area contributed by atoms with Crippen molar-refractivity contribution < 1.29 is 28.5 Å². The average Bonchev–Trinajstić information content (AvgIpc) is 3.32. The molecule has 32 heavy (non-hydrogen) atoms. The van der Waals surface area contributed by atoms with Gasteiger partial charge in [0.2, 0.25) is 6.79 Å². The molecule has 0 amide bonds. The Kier molecular flexibility index (Phi) is 5.43. The molecular formula is C23H19N3O6. The average molecular weight is 433 g/mol. The van der Waals surface area contributed by atoms with Gasteiger partial charge in [0, 0.05) is 0 Å². The van der Waals surface area contributed by atoms with E-state index in [2.05, 4.69) is 6.07 Å². The van der Waals surface area contributed by atoms with E-state index in [9.17, 15) is 14.9 Å². The molecule has 1 unspecified atom stereocenters. The summed E-state index contributed by atoms with van der Waals surface area (Å²) in [5.41, 5.74) is 7.20. The van der Waals surface area contributed by atoms with Crippen molar-refractivity contribution in [2.75, 3.05) is 25.9 Å². The van der Waals surface area contributed by atoms with Crippen LogP contribution in [0, 0.1) is 11.3 Å². The summed E-state index contributed by atoms with van der Waals surface area (Å²) < 4.78 is 21.0. The molecule has 9 nitrogen and oxygen atoms in total. The first kappa shape index (κ1) is 20.8. The second-order valence-electron chi connectivity index (χ2n) is 6.85. The maximum atomic E-state index is 13.0. The predicted octanol–water partition coefficient (Wildman–Crippen LogP) is 2.31. The zero-order chi connectivity index (χ0) is 22.8. The summed E-state index contributed by atoms with van der Waals surface area (Å²) in [4.78, 5) is 27.3. The number of ether oxygens (including phenoxy) is 4. The number of carbonyl (C=O) groups excluding carboxylic acids is 2. The highest BCUT2D eigenvalue weighted by molar-refractivity contribution is 6.06. The number of hydrogen-bond acceptors (Lipinski definition) is 9. The quantitative estimate of drug-likeness (QED) is 0.723. The van der Waals surface area contributed by atoms with Crippen molar-refractivity contribution in [2.45, 2.75) is 5.92 Å². The van der Waals surface area contributed by atoms with Crippen LogP contribution in [0.5, 0.6) is 11.5 Å². The lowest BCUT2D eigenvalue weighted by atomic mass is 9.81. The zero-order valence-corrected chi connectivity index (χ0v) is 17.3. The van der Waals surface area contributed by atoms with Crippen LogP contribution in [0.15, 0.2) is 71.2 Å². The van der Waals surface area contributed by atoms with E-state index in [0.29, 0.717) is 22.7 Å².